The molecule has 1 aromatic heterocycles. The fourth-order valence-electron chi connectivity index (χ4n) is 3.04. The molecule has 7 heteroatoms. The first-order valence-electron chi connectivity index (χ1n) is 7.25. The molecule has 0 radical (unpaired) electrons. The van der Waals surface area contributed by atoms with Crippen molar-refractivity contribution in [2.75, 3.05) is 13.1 Å². The minimum absolute atomic E-state index is 0.0541. The summed E-state index contributed by atoms with van der Waals surface area (Å²) in [6.45, 7) is 4.63. The Morgan fingerprint density at radius 3 is 2.50 bits per heavy atom. The SMILES string of the molecule is Cc1cc(C(=O)N2CCC3(CC2)CC(C(=O)O)=NO3)c(C)o1. The molecule has 118 valence electrons. The number of hydrogen-bond acceptors (Lipinski definition) is 5. The van der Waals surface area contributed by atoms with E-state index in [2.05, 4.69) is 5.16 Å². The van der Waals surface area contributed by atoms with E-state index in [1.165, 1.54) is 0 Å². The van der Waals surface area contributed by atoms with Crippen molar-refractivity contribution >= 4 is 17.6 Å². The van der Waals surface area contributed by atoms with Crippen LogP contribution in [0.25, 0.3) is 0 Å². The van der Waals surface area contributed by atoms with Crippen LogP contribution in [-0.4, -0.2) is 46.3 Å². The summed E-state index contributed by atoms with van der Waals surface area (Å²) in [5.74, 6) is 0.241. The molecule has 0 saturated carbocycles. The third-order valence-electron chi connectivity index (χ3n) is 4.32. The predicted molar refractivity (Wildman–Crippen MR) is 76.8 cm³/mol. The van der Waals surface area contributed by atoms with Crippen LogP contribution in [0.2, 0.25) is 0 Å². The van der Waals surface area contributed by atoms with Crippen LogP contribution in [0.5, 0.6) is 0 Å². The highest BCUT2D eigenvalue weighted by molar-refractivity contribution is 6.36. The number of rotatable bonds is 2. The highest BCUT2D eigenvalue weighted by atomic mass is 16.7. The van der Waals surface area contributed by atoms with Gasteiger partial charge in [-0.2, -0.15) is 0 Å². The van der Waals surface area contributed by atoms with Crippen molar-refractivity contribution < 1.29 is 24.0 Å². The van der Waals surface area contributed by atoms with Gasteiger partial charge in [0.15, 0.2) is 5.71 Å². The topological polar surface area (TPSA) is 92.3 Å². The van der Waals surface area contributed by atoms with Gasteiger partial charge >= 0.3 is 5.97 Å². The van der Waals surface area contributed by atoms with E-state index in [1.807, 2.05) is 6.92 Å². The van der Waals surface area contributed by atoms with Gasteiger partial charge in [-0.15, -0.1) is 0 Å². The number of hydrogen-bond donors (Lipinski definition) is 1. The first-order chi connectivity index (χ1) is 10.4. The fourth-order valence-corrected chi connectivity index (χ4v) is 3.04. The van der Waals surface area contributed by atoms with Crippen molar-refractivity contribution in [2.45, 2.75) is 38.7 Å². The Kier molecular flexibility index (Phi) is 3.42. The number of carboxylic acids is 1. The normalized spacial score (nSPS) is 19.9. The maximum atomic E-state index is 12.5. The van der Waals surface area contributed by atoms with E-state index < -0.39 is 11.6 Å². The maximum absolute atomic E-state index is 12.5. The first-order valence-corrected chi connectivity index (χ1v) is 7.25. The Balaban J connectivity index is 1.64. The van der Waals surface area contributed by atoms with E-state index in [9.17, 15) is 9.59 Å². The van der Waals surface area contributed by atoms with Crippen molar-refractivity contribution in [3.63, 3.8) is 0 Å². The Bertz CT molecular complexity index is 653. The number of carbonyl (C=O) groups is 2. The molecule has 1 fully saturated rings. The van der Waals surface area contributed by atoms with Crippen LogP contribution in [0.3, 0.4) is 0 Å². The Morgan fingerprint density at radius 1 is 1.32 bits per heavy atom. The van der Waals surface area contributed by atoms with Crippen LogP contribution in [0, 0.1) is 13.8 Å². The molecule has 1 N–H and O–H groups in total. The Hall–Kier alpha value is -2.31. The van der Waals surface area contributed by atoms with Crippen molar-refractivity contribution in [2.24, 2.45) is 5.16 Å². The molecule has 0 unspecified atom stereocenters. The van der Waals surface area contributed by atoms with Crippen LogP contribution in [0.4, 0.5) is 0 Å². The van der Waals surface area contributed by atoms with Crippen LogP contribution in [0.15, 0.2) is 15.6 Å². The number of aryl methyl sites for hydroxylation is 2. The molecule has 0 aliphatic carbocycles. The van der Waals surface area contributed by atoms with Gasteiger partial charge < -0.3 is 19.3 Å². The summed E-state index contributed by atoms with van der Waals surface area (Å²) in [6, 6.07) is 1.75. The van der Waals surface area contributed by atoms with Gasteiger partial charge in [-0.3, -0.25) is 4.79 Å². The van der Waals surface area contributed by atoms with Gasteiger partial charge in [-0.1, -0.05) is 5.16 Å². The van der Waals surface area contributed by atoms with E-state index in [1.54, 1.807) is 17.9 Å². The summed E-state index contributed by atoms with van der Waals surface area (Å²) < 4.78 is 5.40. The quantitative estimate of drug-likeness (QED) is 0.898. The molecule has 0 aromatic carbocycles. The van der Waals surface area contributed by atoms with Crippen molar-refractivity contribution in [3.05, 3.63) is 23.2 Å². The Morgan fingerprint density at radius 2 is 2.00 bits per heavy atom. The van der Waals surface area contributed by atoms with Crippen molar-refractivity contribution in [1.29, 1.82) is 0 Å². The molecule has 2 aliphatic rings. The third-order valence-corrected chi connectivity index (χ3v) is 4.32. The molecular formula is C15H18N2O5. The lowest BCUT2D eigenvalue weighted by molar-refractivity contribution is -0.129. The largest absolute Gasteiger partial charge is 0.477 e. The molecule has 2 aliphatic heterocycles. The summed E-state index contributed by atoms with van der Waals surface area (Å²) in [7, 11) is 0. The number of nitrogens with zero attached hydrogens (tertiary/aromatic N) is 2. The average Bonchev–Trinajstić information content (AvgIpc) is 3.03. The van der Waals surface area contributed by atoms with Crippen LogP contribution >= 0.6 is 0 Å². The number of aliphatic carboxylic acids is 1. The zero-order valence-electron chi connectivity index (χ0n) is 12.6. The molecule has 7 nitrogen and oxygen atoms in total. The summed E-state index contributed by atoms with van der Waals surface area (Å²) >= 11 is 0. The van der Waals surface area contributed by atoms with Crippen molar-refractivity contribution in [3.8, 4) is 0 Å². The molecule has 0 bridgehead atoms. The van der Waals surface area contributed by atoms with Gasteiger partial charge in [0.05, 0.1) is 5.56 Å². The highest BCUT2D eigenvalue weighted by Crippen LogP contribution is 2.35. The molecule has 3 heterocycles. The minimum atomic E-state index is -1.04. The maximum Gasteiger partial charge on any atom is 0.353 e. The van der Waals surface area contributed by atoms with Gasteiger partial charge in [-0.25, -0.2) is 4.79 Å². The number of oxime groups is 1. The second kappa shape index (κ2) is 5.15. The van der Waals surface area contributed by atoms with Crippen molar-refractivity contribution in [1.82, 2.24) is 4.90 Å². The van der Waals surface area contributed by atoms with Crippen LogP contribution in [0.1, 0.15) is 41.1 Å². The van der Waals surface area contributed by atoms with Gasteiger partial charge in [0.1, 0.15) is 17.1 Å². The molecule has 1 saturated heterocycles. The number of carbonyl (C=O) groups excluding carboxylic acids is 1. The summed E-state index contributed by atoms with van der Waals surface area (Å²) in [5, 5.41) is 12.6. The molecule has 1 amide bonds. The number of likely N-dealkylation sites (tertiary alicyclic amines) is 1. The van der Waals surface area contributed by atoms with Gasteiger partial charge in [0, 0.05) is 32.4 Å². The van der Waals surface area contributed by atoms with E-state index in [4.69, 9.17) is 14.4 Å². The monoisotopic (exact) mass is 306 g/mol. The molecular weight excluding hydrogens is 288 g/mol. The minimum Gasteiger partial charge on any atom is -0.477 e. The van der Waals surface area contributed by atoms with Crippen LogP contribution < -0.4 is 0 Å². The van der Waals surface area contributed by atoms with Gasteiger partial charge in [0.25, 0.3) is 5.91 Å². The predicted octanol–water partition coefficient (Wildman–Crippen LogP) is 1.73. The van der Waals surface area contributed by atoms with Gasteiger partial charge in [-0.05, 0) is 19.9 Å². The smallest absolute Gasteiger partial charge is 0.353 e. The highest BCUT2D eigenvalue weighted by Gasteiger charge is 2.44. The lowest BCUT2D eigenvalue weighted by atomic mass is 9.86. The molecule has 0 atom stereocenters. The number of furan rings is 1. The summed E-state index contributed by atoms with van der Waals surface area (Å²) in [6.07, 6.45) is 1.46. The second-order valence-corrected chi connectivity index (χ2v) is 5.91. The lowest BCUT2D eigenvalue weighted by Crippen LogP contribution is -2.47. The molecule has 1 spiro atoms. The third kappa shape index (κ3) is 2.47. The van der Waals surface area contributed by atoms with E-state index in [0.29, 0.717) is 49.4 Å². The summed E-state index contributed by atoms with van der Waals surface area (Å²) in [4.78, 5) is 30.6. The van der Waals surface area contributed by atoms with E-state index in [0.717, 1.165) is 0 Å². The zero-order chi connectivity index (χ0) is 15.9. The van der Waals surface area contributed by atoms with E-state index in [-0.39, 0.29) is 11.6 Å². The number of piperidine rings is 1. The fraction of sp³-hybridized carbons (Fsp3) is 0.533. The second-order valence-electron chi connectivity index (χ2n) is 5.91. The zero-order valence-corrected chi connectivity index (χ0v) is 12.6. The van der Waals surface area contributed by atoms with Crippen LogP contribution in [-0.2, 0) is 9.63 Å². The average molecular weight is 306 g/mol. The number of amides is 1. The van der Waals surface area contributed by atoms with E-state index >= 15 is 0 Å². The standard InChI is InChI=1S/C15H18N2O5/c1-9-7-11(10(2)21-9)13(18)17-5-3-15(4-6-17)8-12(14(19)20)16-22-15/h7H,3-6,8H2,1-2H3,(H,19,20). The first kappa shape index (κ1) is 14.6. The molecule has 1 aromatic rings. The van der Waals surface area contributed by atoms with Gasteiger partial charge in [0.2, 0.25) is 0 Å². The lowest BCUT2D eigenvalue weighted by Gasteiger charge is -2.37. The molecule has 22 heavy (non-hydrogen) atoms. The summed E-state index contributed by atoms with van der Waals surface area (Å²) in [5.41, 5.74) is 0.0793. The Labute approximate surface area is 127 Å². The number of carboxylic acid groups (broad SMARTS) is 1. The molecule has 3 rings (SSSR count).